The Morgan fingerprint density at radius 3 is 2.89 bits per heavy atom. The number of hydrogen-bond donors (Lipinski definition) is 1. The first-order valence-corrected chi connectivity index (χ1v) is 6.45. The lowest BCUT2D eigenvalue weighted by molar-refractivity contribution is 0.638. The predicted molar refractivity (Wildman–Crippen MR) is 72.7 cm³/mol. The average molecular weight is 247 g/mol. The molecule has 0 amide bonds. The van der Waals surface area contributed by atoms with E-state index >= 15 is 0 Å². The van der Waals surface area contributed by atoms with E-state index in [-0.39, 0.29) is 0 Å². The number of rotatable bonds is 6. The Morgan fingerprint density at radius 2 is 2.22 bits per heavy atom. The molecule has 0 aliphatic rings. The first-order chi connectivity index (χ1) is 8.70. The largest absolute Gasteiger partial charge is 0.356 e. The Kier molecular flexibility index (Phi) is 4.02. The number of imidazole rings is 1. The van der Waals surface area contributed by atoms with E-state index in [0.717, 1.165) is 37.6 Å². The van der Waals surface area contributed by atoms with Crippen LogP contribution in [0, 0.1) is 6.92 Å². The molecule has 0 fully saturated rings. The summed E-state index contributed by atoms with van der Waals surface area (Å²) < 4.78 is 4.10. The van der Waals surface area contributed by atoms with Gasteiger partial charge in [0.2, 0.25) is 5.95 Å². The summed E-state index contributed by atoms with van der Waals surface area (Å²) in [7, 11) is 1.98. The Labute approximate surface area is 108 Å². The zero-order valence-corrected chi connectivity index (χ0v) is 11.3. The van der Waals surface area contributed by atoms with Crippen molar-refractivity contribution >= 4 is 5.95 Å². The van der Waals surface area contributed by atoms with Gasteiger partial charge in [-0.2, -0.15) is 5.10 Å². The Balaban J connectivity index is 2.02. The number of aromatic nitrogens is 4. The minimum absolute atomic E-state index is 0.923. The maximum absolute atomic E-state index is 4.50. The molecule has 5 heteroatoms. The van der Waals surface area contributed by atoms with Crippen LogP contribution in [0.3, 0.4) is 0 Å². The van der Waals surface area contributed by atoms with E-state index in [1.54, 1.807) is 0 Å². The second-order valence-corrected chi connectivity index (χ2v) is 4.52. The number of aryl methyl sites for hydroxylation is 4. The molecule has 0 aromatic carbocycles. The quantitative estimate of drug-likeness (QED) is 0.849. The molecule has 1 N–H and O–H groups in total. The lowest BCUT2D eigenvalue weighted by atomic mass is 10.3. The van der Waals surface area contributed by atoms with E-state index in [1.807, 2.05) is 24.9 Å². The zero-order chi connectivity index (χ0) is 13.0. The molecule has 0 aliphatic carbocycles. The second kappa shape index (κ2) is 5.71. The highest BCUT2D eigenvalue weighted by Gasteiger charge is 2.06. The van der Waals surface area contributed by atoms with Crippen LogP contribution >= 0.6 is 0 Å². The number of anilines is 1. The van der Waals surface area contributed by atoms with Gasteiger partial charge in [-0.25, -0.2) is 4.98 Å². The van der Waals surface area contributed by atoms with Gasteiger partial charge >= 0.3 is 0 Å². The van der Waals surface area contributed by atoms with Crippen molar-refractivity contribution in [2.45, 2.75) is 33.2 Å². The Bertz CT molecular complexity index is 497. The summed E-state index contributed by atoms with van der Waals surface area (Å²) >= 11 is 0. The zero-order valence-electron chi connectivity index (χ0n) is 11.3. The summed E-state index contributed by atoms with van der Waals surface area (Å²) in [5.74, 6) is 0.969. The van der Waals surface area contributed by atoms with Gasteiger partial charge < -0.3 is 9.88 Å². The van der Waals surface area contributed by atoms with Crippen molar-refractivity contribution in [2.24, 2.45) is 7.05 Å². The van der Waals surface area contributed by atoms with Crippen molar-refractivity contribution in [3.63, 3.8) is 0 Å². The molecule has 0 atom stereocenters. The van der Waals surface area contributed by atoms with Crippen molar-refractivity contribution in [2.75, 3.05) is 11.9 Å². The first kappa shape index (κ1) is 12.7. The summed E-state index contributed by atoms with van der Waals surface area (Å²) in [6.07, 6.45) is 6.00. The van der Waals surface area contributed by atoms with Gasteiger partial charge in [0, 0.05) is 44.6 Å². The fourth-order valence-corrected chi connectivity index (χ4v) is 1.98. The van der Waals surface area contributed by atoms with Crippen LogP contribution in [0.5, 0.6) is 0 Å². The minimum Gasteiger partial charge on any atom is -0.356 e. The van der Waals surface area contributed by atoms with Crippen molar-refractivity contribution in [1.82, 2.24) is 19.3 Å². The third kappa shape index (κ3) is 2.91. The molecule has 0 saturated heterocycles. The highest BCUT2D eigenvalue weighted by molar-refractivity contribution is 5.28. The molecule has 2 rings (SSSR count). The van der Waals surface area contributed by atoms with E-state index in [2.05, 4.69) is 39.2 Å². The highest BCUT2D eigenvalue weighted by Crippen LogP contribution is 2.10. The highest BCUT2D eigenvalue weighted by atomic mass is 15.3. The van der Waals surface area contributed by atoms with E-state index in [0.29, 0.717) is 0 Å². The maximum atomic E-state index is 4.50. The van der Waals surface area contributed by atoms with Crippen molar-refractivity contribution < 1.29 is 0 Å². The Hall–Kier alpha value is -1.78. The molecule has 98 valence electrons. The van der Waals surface area contributed by atoms with Crippen LogP contribution in [0.25, 0.3) is 0 Å². The van der Waals surface area contributed by atoms with Gasteiger partial charge in [-0.1, -0.05) is 6.92 Å². The van der Waals surface area contributed by atoms with E-state index in [1.165, 1.54) is 5.69 Å². The summed E-state index contributed by atoms with van der Waals surface area (Å²) in [4.78, 5) is 4.50. The van der Waals surface area contributed by atoms with Crippen LogP contribution in [-0.2, 0) is 20.0 Å². The second-order valence-electron chi connectivity index (χ2n) is 4.52. The fraction of sp³-hybridized carbons (Fsp3) is 0.538. The van der Waals surface area contributed by atoms with Crippen LogP contribution in [0.1, 0.15) is 24.7 Å². The molecule has 0 radical (unpaired) electrons. The average Bonchev–Trinajstić information content (AvgIpc) is 2.90. The van der Waals surface area contributed by atoms with Crippen LogP contribution in [0.4, 0.5) is 5.95 Å². The normalized spacial score (nSPS) is 10.8. The lowest BCUT2D eigenvalue weighted by Gasteiger charge is -2.09. The van der Waals surface area contributed by atoms with Crippen molar-refractivity contribution in [3.05, 3.63) is 29.8 Å². The summed E-state index contributed by atoms with van der Waals surface area (Å²) in [6, 6.07) is 2.06. The van der Waals surface area contributed by atoms with E-state index in [4.69, 9.17) is 0 Å². The molecule has 0 bridgehead atoms. The first-order valence-electron chi connectivity index (χ1n) is 6.45. The van der Waals surface area contributed by atoms with Crippen LogP contribution < -0.4 is 5.32 Å². The lowest BCUT2D eigenvalue weighted by Crippen LogP contribution is -2.10. The summed E-state index contributed by atoms with van der Waals surface area (Å²) in [6.45, 7) is 6.06. The van der Waals surface area contributed by atoms with E-state index in [9.17, 15) is 0 Å². The third-order valence-corrected chi connectivity index (χ3v) is 2.96. The maximum Gasteiger partial charge on any atom is 0.203 e. The van der Waals surface area contributed by atoms with Gasteiger partial charge in [-0.15, -0.1) is 0 Å². The predicted octanol–water partition coefficient (Wildman–Crippen LogP) is 1.99. The molecule has 2 aromatic rings. The minimum atomic E-state index is 0.923. The van der Waals surface area contributed by atoms with E-state index < -0.39 is 0 Å². The molecule has 0 saturated carbocycles. The number of nitrogens with zero attached hydrogens (tertiary/aromatic N) is 4. The smallest absolute Gasteiger partial charge is 0.203 e. The summed E-state index contributed by atoms with van der Waals surface area (Å²) in [5, 5.41) is 7.54. The molecule has 2 heterocycles. The standard InChI is InChI=1S/C13H21N5/c1-4-7-14-13-16-11(2)10-18(13)9-6-12-5-8-15-17(12)3/h5,8,10H,4,6-7,9H2,1-3H3,(H,14,16). The van der Waals surface area contributed by atoms with Crippen LogP contribution in [0.2, 0.25) is 0 Å². The summed E-state index contributed by atoms with van der Waals surface area (Å²) in [5.41, 5.74) is 2.29. The van der Waals surface area contributed by atoms with Crippen molar-refractivity contribution in [3.8, 4) is 0 Å². The molecule has 0 unspecified atom stereocenters. The number of hydrogen-bond acceptors (Lipinski definition) is 3. The van der Waals surface area contributed by atoms with Crippen LogP contribution in [0.15, 0.2) is 18.5 Å². The van der Waals surface area contributed by atoms with Gasteiger partial charge in [0.05, 0.1) is 5.69 Å². The number of nitrogens with one attached hydrogen (secondary N) is 1. The molecule has 18 heavy (non-hydrogen) atoms. The topological polar surface area (TPSA) is 47.7 Å². The molecule has 2 aromatic heterocycles. The molecular weight excluding hydrogens is 226 g/mol. The monoisotopic (exact) mass is 247 g/mol. The van der Waals surface area contributed by atoms with Crippen LogP contribution in [-0.4, -0.2) is 25.9 Å². The molecule has 5 nitrogen and oxygen atoms in total. The Morgan fingerprint density at radius 1 is 1.39 bits per heavy atom. The molecule has 0 spiro atoms. The molecular formula is C13H21N5. The van der Waals surface area contributed by atoms with Gasteiger partial charge in [0.1, 0.15) is 0 Å². The van der Waals surface area contributed by atoms with Crippen molar-refractivity contribution in [1.29, 1.82) is 0 Å². The SMILES string of the molecule is CCCNc1nc(C)cn1CCc1ccnn1C. The van der Waals surface area contributed by atoms with Gasteiger partial charge in [-0.3, -0.25) is 4.68 Å². The van der Waals surface area contributed by atoms with Gasteiger partial charge in [0.15, 0.2) is 0 Å². The molecule has 0 aliphatic heterocycles. The third-order valence-electron chi connectivity index (χ3n) is 2.96. The fourth-order valence-electron chi connectivity index (χ4n) is 1.98. The van der Waals surface area contributed by atoms with Gasteiger partial charge in [0.25, 0.3) is 0 Å². The van der Waals surface area contributed by atoms with Gasteiger partial charge in [-0.05, 0) is 19.4 Å².